The van der Waals surface area contributed by atoms with E-state index in [0.717, 1.165) is 16.7 Å². The van der Waals surface area contributed by atoms with E-state index in [1.807, 2.05) is 42.5 Å². The molecule has 1 heterocycles. The molecule has 0 spiro atoms. The molecule has 0 N–H and O–H groups in total. The first-order chi connectivity index (χ1) is 9.76. The zero-order valence-corrected chi connectivity index (χ0v) is 11.7. The van der Waals surface area contributed by atoms with Crippen LogP contribution in [0, 0.1) is 0 Å². The van der Waals surface area contributed by atoms with Crippen molar-refractivity contribution in [3.63, 3.8) is 0 Å². The van der Waals surface area contributed by atoms with E-state index < -0.39 is 0 Å². The van der Waals surface area contributed by atoms with Crippen LogP contribution in [0.5, 0.6) is 11.5 Å². The van der Waals surface area contributed by atoms with Crippen molar-refractivity contribution >= 4 is 22.6 Å². The van der Waals surface area contributed by atoms with Gasteiger partial charge in [0.15, 0.2) is 11.5 Å². The van der Waals surface area contributed by atoms with E-state index in [4.69, 9.17) is 25.5 Å². The molecule has 0 unspecified atom stereocenters. The summed E-state index contributed by atoms with van der Waals surface area (Å²) in [4.78, 5) is 0. The maximum atomic E-state index is 5.95. The molecule has 3 nitrogen and oxygen atoms in total. The third-order valence-corrected chi connectivity index (χ3v) is 3.20. The Balaban J connectivity index is 1.79. The van der Waals surface area contributed by atoms with E-state index >= 15 is 0 Å². The molecule has 0 fully saturated rings. The number of ether oxygens (including phenoxy) is 2. The number of halogens is 1. The first-order valence-electron chi connectivity index (χ1n) is 6.20. The van der Waals surface area contributed by atoms with Gasteiger partial charge in [-0.25, -0.2) is 0 Å². The lowest BCUT2D eigenvalue weighted by molar-refractivity contribution is 0.259. The molecule has 0 radical (unpaired) electrons. The molecule has 3 rings (SSSR count). The molecule has 0 saturated heterocycles. The number of benzene rings is 2. The second-order valence-electron chi connectivity index (χ2n) is 4.33. The molecule has 1 aromatic heterocycles. The molecule has 0 bridgehead atoms. The highest BCUT2D eigenvalue weighted by Crippen LogP contribution is 2.28. The SMILES string of the molecule is COc1ccccc1OCc1cc2cc(Cl)ccc2o1. The van der Waals surface area contributed by atoms with Crippen LogP contribution in [0.4, 0.5) is 0 Å². The number of furan rings is 1. The fourth-order valence-corrected chi connectivity index (χ4v) is 2.21. The van der Waals surface area contributed by atoms with Gasteiger partial charge in [-0.1, -0.05) is 23.7 Å². The normalized spacial score (nSPS) is 10.7. The lowest BCUT2D eigenvalue weighted by Gasteiger charge is -2.08. The Bertz CT molecular complexity index is 733. The van der Waals surface area contributed by atoms with Crippen LogP contribution in [0.1, 0.15) is 5.76 Å². The van der Waals surface area contributed by atoms with Gasteiger partial charge in [-0.05, 0) is 36.4 Å². The van der Waals surface area contributed by atoms with Crippen LogP contribution in [-0.2, 0) is 6.61 Å². The van der Waals surface area contributed by atoms with Gasteiger partial charge in [-0.15, -0.1) is 0 Å². The first-order valence-corrected chi connectivity index (χ1v) is 6.58. The Labute approximate surface area is 121 Å². The highest BCUT2D eigenvalue weighted by Gasteiger charge is 2.07. The van der Waals surface area contributed by atoms with Gasteiger partial charge < -0.3 is 13.9 Å². The third kappa shape index (κ3) is 2.58. The molecule has 102 valence electrons. The number of hydrogen-bond donors (Lipinski definition) is 0. The van der Waals surface area contributed by atoms with Gasteiger partial charge in [-0.3, -0.25) is 0 Å². The van der Waals surface area contributed by atoms with Crippen LogP contribution in [0.3, 0.4) is 0 Å². The van der Waals surface area contributed by atoms with Crippen LogP contribution in [0.25, 0.3) is 11.0 Å². The van der Waals surface area contributed by atoms with Crippen LogP contribution >= 0.6 is 11.6 Å². The molecule has 0 aliphatic carbocycles. The third-order valence-electron chi connectivity index (χ3n) is 2.97. The molecule has 3 aromatic rings. The average molecular weight is 289 g/mol. The Morgan fingerprint density at radius 1 is 1.05 bits per heavy atom. The van der Waals surface area contributed by atoms with Crippen molar-refractivity contribution in [1.82, 2.24) is 0 Å². The second kappa shape index (κ2) is 5.47. The predicted molar refractivity (Wildman–Crippen MR) is 78.6 cm³/mol. The van der Waals surface area contributed by atoms with Gasteiger partial charge in [0.1, 0.15) is 18.0 Å². The molecule has 0 aliphatic heterocycles. The first kappa shape index (κ1) is 12.9. The minimum atomic E-state index is 0.340. The Kier molecular flexibility index (Phi) is 3.52. The van der Waals surface area contributed by atoms with E-state index in [1.165, 1.54) is 0 Å². The fourth-order valence-electron chi connectivity index (χ4n) is 2.03. The van der Waals surface area contributed by atoms with Gasteiger partial charge in [0.2, 0.25) is 0 Å². The van der Waals surface area contributed by atoms with Crippen molar-refractivity contribution in [3.8, 4) is 11.5 Å². The van der Waals surface area contributed by atoms with Gasteiger partial charge in [0.05, 0.1) is 7.11 Å². The Hall–Kier alpha value is -2.13. The monoisotopic (exact) mass is 288 g/mol. The van der Waals surface area contributed by atoms with Crippen molar-refractivity contribution in [2.75, 3.05) is 7.11 Å². The summed E-state index contributed by atoms with van der Waals surface area (Å²) < 4.78 is 16.7. The molecule has 0 aliphatic rings. The lowest BCUT2D eigenvalue weighted by atomic mass is 10.2. The zero-order valence-electron chi connectivity index (χ0n) is 10.9. The molecular formula is C16H13ClO3. The molecule has 20 heavy (non-hydrogen) atoms. The molecule has 4 heteroatoms. The number of hydrogen-bond acceptors (Lipinski definition) is 3. The van der Waals surface area contributed by atoms with Crippen LogP contribution in [0.2, 0.25) is 5.02 Å². The molecule has 0 saturated carbocycles. The highest BCUT2D eigenvalue weighted by atomic mass is 35.5. The van der Waals surface area contributed by atoms with Crippen molar-refractivity contribution in [2.45, 2.75) is 6.61 Å². The largest absolute Gasteiger partial charge is 0.493 e. The number of fused-ring (bicyclic) bond motifs is 1. The van der Waals surface area contributed by atoms with Gasteiger partial charge in [0.25, 0.3) is 0 Å². The van der Waals surface area contributed by atoms with Crippen molar-refractivity contribution < 1.29 is 13.9 Å². The van der Waals surface area contributed by atoms with Gasteiger partial charge in [-0.2, -0.15) is 0 Å². The van der Waals surface area contributed by atoms with Gasteiger partial charge in [0, 0.05) is 10.4 Å². The summed E-state index contributed by atoms with van der Waals surface area (Å²) in [5.41, 5.74) is 0.799. The minimum absolute atomic E-state index is 0.340. The molecule has 0 amide bonds. The fraction of sp³-hybridized carbons (Fsp3) is 0.125. The standard InChI is InChI=1S/C16H13ClO3/c1-18-15-4-2-3-5-16(15)19-10-13-9-11-8-12(17)6-7-14(11)20-13/h2-9H,10H2,1H3. The number of methoxy groups -OCH3 is 1. The molecule has 2 aromatic carbocycles. The second-order valence-corrected chi connectivity index (χ2v) is 4.77. The van der Waals surface area contributed by atoms with E-state index in [0.29, 0.717) is 23.1 Å². The summed E-state index contributed by atoms with van der Waals surface area (Å²) in [6, 6.07) is 15.0. The molecule has 0 atom stereocenters. The summed E-state index contributed by atoms with van der Waals surface area (Å²) in [6.45, 7) is 0.340. The van der Waals surface area contributed by atoms with Crippen LogP contribution in [0.15, 0.2) is 52.9 Å². The minimum Gasteiger partial charge on any atom is -0.493 e. The summed E-state index contributed by atoms with van der Waals surface area (Å²) >= 11 is 5.95. The number of rotatable bonds is 4. The summed E-state index contributed by atoms with van der Waals surface area (Å²) in [5, 5.41) is 1.66. The maximum absolute atomic E-state index is 5.95. The summed E-state index contributed by atoms with van der Waals surface area (Å²) in [6.07, 6.45) is 0. The summed E-state index contributed by atoms with van der Waals surface area (Å²) in [7, 11) is 1.62. The highest BCUT2D eigenvalue weighted by molar-refractivity contribution is 6.31. The quantitative estimate of drug-likeness (QED) is 0.699. The predicted octanol–water partition coefficient (Wildman–Crippen LogP) is 4.67. The maximum Gasteiger partial charge on any atom is 0.161 e. The lowest BCUT2D eigenvalue weighted by Crippen LogP contribution is -1.96. The van der Waals surface area contributed by atoms with Crippen molar-refractivity contribution in [2.24, 2.45) is 0 Å². The van der Waals surface area contributed by atoms with Crippen molar-refractivity contribution in [3.05, 3.63) is 59.3 Å². The summed E-state index contributed by atoms with van der Waals surface area (Å²) in [5.74, 6) is 2.13. The van der Waals surface area contributed by atoms with E-state index in [2.05, 4.69) is 0 Å². The number of para-hydroxylation sites is 2. The topological polar surface area (TPSA) is 31.6 Å². The Morgan fingerprint density at radius 2 is 1.85 bits per heavy atom. The van der Waals surface area contributed by atoms with Crippen LogP contribution in [-0.4, -0.2) is 7.11 Å². The smallest absolute Gasteiger partial charge is 0.161 e. The molecular weight excluding hydrogens is 276 g/mol. The van der Waals surface area contributed by atoms with E-state index in [9.17, 15) is 0 Å². The zero-order chi connectivity index (χ0) is 13.9. The van der Waals surface area contributed by atoms with Crippen molar-refractivity contribution in [1.29, 1.82) is 0 Å². The van der Waals surface area contributed by atoms with Gasteiger partial charge >= 0.3 is 0 Å². The average Bonchev–Trinajstić information content (AvgIpc) is 2.87. The van der Waals surface area contributed by atoms with E-state index in [-0.39, 0.29) is 0 Å². The van der Waals surface area contributed by atoms with Crippen LogP contribution < -0.4 is 9.47 Å². The Morgan fingerprint density at radius 3 is 2.65 bits per heavy atom. The van der Waals surface area contributed by atoms with E-state index in [1.54, 1.807) is 13.2 Å².